The van der Waals surface area contributed by atoms with Crippen molar-refractivity contribution in [1.29, 1.82) is 0 Å². The maximum absolute atomic E-state index is 12.7. The summed E-state index contributed by atoms with van der Waals surface area (Å²) in [5.74, 6) is -0.711. The number of aromatic amines is 1. The van der Waals surface area contributed by atoms with E-state index >= 15 is 0 Å². The molecule has 2 aromatic rings. The van der Waals surface area contributed by atoms with Crippen LogP contribution in [0.5, 0.6) is 0 Å². The Hall–Kier alpha value is -2.89. The van der Waals surface area contributed by atoms with Gasteiger partial charge in [0.15, 0.2) is 5.78 Å². The lowest BCUT2D eigenvalue weighted by Crippen LogP contribution is -2.40. The number of likely N-dealkylation sites (tertiary alicyclic amines) is 1. The predicted molar refractivity (Wildman–Crippen MR) is 96.2 cm³/mol. The number of carbonyl (C=O) groups excluding carboxylic acids is 2. The van der Waals surface area contributed by atoms with Gasteiger partial charge in [-0.15, -0.1) is 0 Å². The van der Waals surface area contributed by atoms with Crippen LogP contribution in [0.25, 0.3) is 0 Å². The number of ketones is 1. The van der Waals surface area contributed by atoms with Crippen LogP contribution >= 0.6 is 0 Å². The Morgan fingerprint density at radius 1 is 1.08 bits per heavy atom. The minimum Gasteiger partial charge on any atom is -0.481 e. The first kappa shape index (κ1) is 17.9. The van der Waals surface area contributed by atoms with Crippen LogP contribution in [0.3, 0.4) is 0 Å². The number of aliphatic carboxylic acids is 1. The minimum atomic E-state index is -0.795. The van der Waals surface area contributed by atoms with Gasteiger partial charge in [-0.1, -0.05) is 12.1 Å². The number of carbonyl (C=O) groups is 3. The number of amides is 1. The third-order valence-electron chi connectivity index (χ3n) is 4.83. The maximum atomic E-state index is 12.7. The van der Waals surface area contributed by atoms with Gasteiger partial charge in [-0.25, -0.2) is 0 Å². The number of hydrogen-bond acceptors (Lipinski definition) is 3. The predicted octanol–water partition coefficient (Wildman–Crippen LogP) is 2.96. The Kier molecular flexibility index (Phi) is 5.51. The van der Waals surface area contributed by atoms with Crippen molar-refractivity contribution in [2.45, 2.75) is 25.7 Å². The number of carboxylic acid groups (broad SMARTS) is 1. The second-order valence-corrected chi connectivity index (χ2v) is 6.70. The van der Waals surface area contributed by atoms with E-state index in [0.29, 0.717) is 36.2 Å². The maximum Gasteiger partial charge on any atom is 0.303 e. The van der Waals surface area contributed by atoms with Gasteiger partial charge in [0.1, 0.15) is 0 Å². The van der Waals surface area contributed by atoms with E-state index in [4.69, 9.17) is 5.11 Å². The van der Waals surface area contributed by atoms with Crippen molar-refractivity contribution in [3.63, 3.8) is 0 Å². The topological polar surface area (TPSA) is 90.5 Å². The van der Waals surface area contributed by atoms with E-state index in [0.717, 1.165) is 12.8 Å². The third kappa shape index (κ3) is 4.20. The molecule has 1 atom stereocenters. The lowest BCUT2D eigenvalue weighted by Gasteiger charge is -2.32. The van der Waals surface area contributed by atoms with E-state index in [-0.39, 0.29) is 24.0 Å². The SMILES string of the molecule is O=C(O)CC[C@H]1CCCN(C(=O)c2ccc(C(=O)c3cc[nH]c3)cc2)C1. The van der Waals surface area contributed by atoms with Gasteiger partial charge in [-0.2, -0.15) is 0 Å². The van der Waals surface area contributed by atoms with Crippen LogP contribution in [0, 0.1) is 5.92 Å². The summed E-state index contributed by atoms with van der Waals surface area (Å²) in [7, 11) is 0. The highest BCUT2D eigenvalue weighted by atomic mass is 16.4. The van der Waals surface area contributed by atoms with Crippen molar-refractivity contribution in [3.05, 3.63) is 59.4 Å². The number of nitrogens with zero attached hydrogens (tertiary/aromatic N) is 1. The molecule has 26 heavy (non-hydrogen) atoms. The zero-order valence-corrected chi connectivity index (χ0v) is 14.5. The molecule has 1 saturated heterocycles. The van der Waals surface area contributed by atoms with Gasteiger partial charge in [0.2, 0.25) is 0 Å². The first-order valence-corrected chi connectivity index (χ1v) is 8.83. The Bertz CT molecular complexity index is 781. The Morgan fingerprint density at radius 3 is 2.46 bits per heavy atom. The van der Waals surface area contributed by atoms with Crippen molar-refractivity contribution < 1.29 is 19.5 Å². The fourth-order valence-electron chi connectivity index (χ4n) is 3.39. The molecular weight excluding hydrogens is 332 g/mol. The third-order valence-corrected chi connectivity index (χ3v) is 4.83. The normalized spacial score (nSPS) is 17.1. The second kappa shape index (κ2) is 7.99. The van der Waals surface area contributed by atoms with Gasteiger partial charge < -0.3 is 15.0 Å². The molecule has 1 amide bonds. The molecule has 2 N–H and O–H groups in total. The molecule has 0 radical (unpaired) electrons. The standard InChI is InChI=1S/C20H22N2O4/c23-18(24)8-3-14-2-1-11-22(13-14)20(26)16-6-4-15(5-7-16)19(25)17-9-10-21-12-17/h4-7,9-10,12,14,21H,1-3,8,11,13H2,(H,23,24)/t14-/m1/s1. The lowest BCUT2D eigenvalue weighted by molar-refractivity contribution is -0.137. The molecule has 0 saturated carbocycles. The van der Waals surface area contributed by atoms with Crippen LogP contribution in [0.2, 0.25) is 0 Å². The molecule has 1 fully saturated rings. The van der Waals surface area contributed by atoms with Crippen LogP contribution in [-0.4, -0.2) is 45.7 Å². The number of nitrogens with one attached hydrogen (secondary N) is 1. The van der Waals surface area contributed by atoms with E-state index in [1.165, 1.54) is 0 Å². The molecule has 1 aromatic heterocycles. The number of H-pyrrole nitrogens is 1. The Balaban J connectivity index is 1.64. The average molecular weight is 354 g/mol. The highest BCUT2D eigenvalue weighted by Gasteiger charge is 2.25. The van der Waals surface area contributed by atoms with Crippen LogP contribution in [0.4, 0.5) is 0 Å². The lowest BCUT2D eigenvalue weighted by atomic mass is 9.93. The number of piperidine rings is 1. The molecule has 2 heterocycles. The highest BCUT2D eigenvalue weighted by Crippen LogP contribution is 2.23. The Labute approximate surface area is 151 Å². The number of benzene rings is 1. The van der Waals surface area contributed by atoms with E-state index < -0.39 is 5.97 Å². The minimum absolute atomic E-state index is 0.0642. The molecule has 1 aliphatic heterocycles. The van der Waals surface area contributed by atoms with E-state index in [1.54, 1.807) is 47.6 Å². The van der Waals surface area contributed by atoms with Gasteiger partial charge in [0.25, 0.3) is 5.91 Å². The molecule has 1 aliphatic rings. The van der Waals surface area contributed by atoms with Gasteiger partial charge in [0.05, 0.1) is 0 Å². The van der Waals surface area contributed by atoms with E-state index in [1.807, 2.05) is 0 Å². The molecule has 0 bridgehead atoms. The molecule has 0 aliphatic carbocycles. The summed E-state index contributed by atoms with van der Waals surface area (Å²) in [6, 6.07) is 8.43. The summed E-state index contributed by atoms with van der Waals surface area (Å²) in [5, 5.41) is 8.83. The molecule has 6 nitrogen and oxygen atoms in total. The smallest absolute Gasteiger partial charge is 0.303 e. The van der Waals surface area contributed by atoms with Crippen molar-refractivity contribution in [1.82, 2.24) is 9.88 Å². The fourth-order valence-corrected chi connectivity index (χ4v) is 3.39. The largest absolute Gasteiger partial charge is 0.481 e. The summed E-state index contributed by atoms with van der Waals surface area (Å²) in [4.78, 5) is 40.4. The second-order valence-electron chi connectivity index (χ2n) is 6.70. The van der Waals surface area contributed by atoms with Gasteiger partial charge in [0, 0.05) is 48.6 Å². The van der Waals surface area contributed by atoms with Gasteiger partial charge in [-0.05, 0) is 43.4 Å². The zero-order chi connectivity index (χ0) is 18.5. The Morgan fingerprint density at radius 2 is 1.81 bits per heavy atom. The van der Waals surface area contributed by atoms with Crippen LogP contribution < -0.4 is 0 Å². The quantitative estimate of drug-likeness (QED) is 0.780. The van der Waals surface area contributed by atoms with Crippen LogP contribution in [0.15, 0.2) is 42.7 Å². The first-order chi connectivity index (χ1) is 12.5. The number of hydrogen-bond donors (Lipinski definition) is 2. The molecule has 3 rings (SSSR count). The first-order valence-electron chi connectivity index (χ1n) is 8.83. The van der Waals surface area contributed by atoms with Crippen molar-refractivity contribution in [2.75, 3.05) is 13.1 Å². The van der Waals surface area contributed by atoms with Gasteiger partial charge >= 0.3 is 5.97 Å². The monoisotopic (exact) mass is 354 g/mol. The van der Waals surface area contributed by atoms with Crippen LogP contribution in [0.1, 0.15) is 52.0 Å². The molecule has 6 heteroatoms. The number of aromatic nitrogens is 1. The molecule has 136 valence electrons. The van der Waals surface area contributed by atoms with E-state index in [2.05, 4.69) is 4.98 Å². The molecule has 1 aromatic carbocycles. The van der Waals surface area contributed by atoms with Crippen molar-refractivity contribution in [2.24, 2.45) is 5.92 Å². The zero-order valence-electron chi connectivity index (χ0n) is 14.5. The summed E-state index contributed by atoms with van der Waals surface area (Å²) >= 11 is 0. The highest BCUT2D eigenvalue weighted by molar-refractivity contribution is 6.09. The summed E-state index contributed by atoms with van der Waals surface area (Å²) in [6.07, 6.45) is 5.93. The number of carboxylic acids is 1. The average Bonchev–Trinajstić information content (AvgIpc) is 3.20. The van der Waals surface area contributed by atoms with Crippen LogP contribution in [-0.2, 0) is 4.79 Å². The summed E-state index contributed by atoms with van der Waals surface area (Å²) in [5.41, 5.74) is 1.68. The van der Waals surface area contributed by atoms with E-state index in [9.17, 15) is 14.4 Å². The summed E-state index contributed by atoms with van der Waals surface area (Å²) in [6.45, 7) is 1.28. The molecular formula is C20H22N2O4. The number of rotatable bonds is 6. The fraction of sp³-hybridized carbons (Fsp3) is 0.350. The van der Waals surface area contributed by atoms with Crippen molar-refractivity contribution >= 4 is 17.7 Å². The van der Waals surface area contributed by atoms with Gasteiger partial charge in [-0.3, -0.25) is 14.4 Å². The summed E-state index contributed by atoms with van der Waals surface area (Å²) < 4.78 is 0. The van der Waals surface area contributed by atoms with Crippen molar-refractivity contribution in [3.8, 4) is 0 Å². The molecule has 0 unspecified atom stereocenters. The molecule has 0 spiro atoms.